The number of hydrogen-bond acceptors (Lipinski definition) is 4. The number of carbonyl (C=O) groups is 1. The predicted molar refractivity (Wildman–Crippen MR) is 65.9 cm³/mol. The second kappa shape index (κ2) is 5.06. The Morgan fingerprint density at radius 2 is 2.17 bits per heavy atom. The Hall–Kier alpha value is -1.43. The molecule has 1 aliphatic rings. The molecule has 0 saturated carbocycles. The highest BCUT2D eigenvalue weighted by molar-refractivity contribution is 5.74. The number of likely N-dealkylation sites (tertiary alicyclic amines) is 1. The van der Waals surface area contributed by atoms with E-state index in [4.69, 9.17) is 0 Å². The first kappa shape index (κ1) is 13.0. The molecule has 1 aromatic heterocycles. The van der Waals surface area contributed by atoms with Crippen LogP contribution in [0.25, 0.3) is 0 Å². The molecule has 0 unspecified atom stereocenters. The average Bonchev–Trinajstić information content (AvgIpc) is 2.76. The van der Waals surface area contributed by atoms with Crippen LogP contribution in [-0.2, 0) is 18.4 Å². The summed E-state index contributed by atoms with van der Waals surface area (Å²) in [6.07, 6.45) is 3.69. The topological polar surface area (TPSA) is 71.2 Å². The number of carboxylic acids is 1. The molecule has 6 nitrogen and oxygen atoms in total. The molecular weight excluding hydrogens is 232 g/mol. The van der Waals surface area contributed by atoms with E-state index in [9.17, 15) is 9.90 Å². The van der Waals surface area contributed by atoms with Gasteiger partial charge in [-0.05, 0) is 32.4 Å². The van der Waals surface area contributed by atoms with Gasteiger partial charge in [0.2, 0.25) is 0 Å². The zero-order valence-corrected chi connectivity index (χ0v) is 11.0. The van der Waals surface area contributed by atoms with Gasteiger partial charge < -0.3 is 5.11 Å². The number of rotatable bonds is 4. The molecule has 6 heteroatoms. The van der Waals surface area contributed by atoms with Gasteiger partial charge in [-0.1, -0.05) is 6.92 Å². The molecule has 2 rings (SSSR count). The fraction of sp³-hybridized carbons (Fsp3) is 0.750. The third kappa shape index (κ3) is 2.38. The van der Waals surface area contributed by atoms with Crippen LogP contribution in [0, 0.1) is 5.41 Å². The van der Waals surface area contributed by atoms with Gasteiger partial charge in [-0.3, -0.25) is 14.4 Å². The molecule has 0 spiro atoms. The summed E-state index contributed by atoms with van der Waals surface area (Å²) in [5.74, 6) is 0.276. The lowest BCUT2D eigenvalue weighted by Gasteiger charge is -2.38. The monoisotopic (exact) mass is 252 g/mol. The summed E-state index contributed by atoms with van der Waals surface area (Å²) in [7, 11) is 1.87. The maximum Gasteiger partial charge on any atom is 0.309 e. The zero-order chi connectivity index (χ0) is 13.2. The van der Waals surface area contributed by atoms with Crippen molar-refractivity contribution in [2.75, 3.05) is 13.1 Å². The smallest absolute Gasteiger partial charge is 0.309 e. The number of piperidine rings is 1. The molecule has 0 aromatic carbocycles. The van der Waals surface area contributed by atoms with Crippen molar-refractivity contribution in [2.24, 2.45) is 12.5 Å². The molecule has 0 amide bonds. The summed E-state index contributed by atoms with van der Waals surface area (Å²) >= 11 is 0. The first-order valence-corrected chi connectivity index (χ1v) is 6.36. The minimum Gasteiger partial charge on any atom is -0.481 e. The largest absolute Gasteiger partial charge is 0.481 e. The average molecular weight is 252 g/mol. The lowest BCUT2D eigenvalue weighted by atomic mass is 9.76. The minimum atomic E-state index is -0.650. The number of nitrogens with zero attached hydrogens (tertiary/aromatic N) is 4. The van der Waals surface area contributed by atoms with Crippen LogP contribution in [0.15, 0.2) is 6.33 Å². The van der Waals surface area contributed by atoms with E-state index in [0.29, 0.717) is 6.42 Å². The second-order valence-electron chi connectivity index (χ2n) is 5.02. The lowest BCUT2D eigenvalue weighted by molar-refractivity contribution is -0.152. The molecular formula is C12H20N4O2. The summed E-state index contributed by atoms with van der Waals surface area (Å²) in [6, 6.07) is 0. The van der Waals surface area contributed by atoms with E-state index in [2.05, 4.69) is 15.0 Å². The maximum absolute atomic E-state index is 11.3. The Bertz CT molecular complexity index is 421. The van der Waals surface area contributed by atoms with Crippen LogP contribution in [0.4, 0.5) is 0 Å². The van der Waals surface area contributed by atoms with Crippen LogP contribution < -0.4 is 0 Å². The van der Waals surface area contributed by atoms with Gasteiger partial charge >= 0.3 is 5.97 Å². The van der Waals surface area contributed by atoms with Gasteiger partial charge in [-0.2, -0.15) is 5.10 Å². The Morgan fingerprint density at radius 3 is 2.61 bits per heavy atom. The van der Waals surface area contributed by atoms with Crippen LogP contribution in [0.3, 0.4) is 0 Å². The van der Waals surface area contributed by atoms with E-state index in [0.717, 1.165) is 38.3 Å². The van der Waals surface area contributed by atoms with Crippen molar-refractivity contribution in [2.45, 2.75) is 32.7 Å². The van der Waals surface area contributed by atoms with Crippen LogP contribution in [0.5, 0.6) is 0 Å². The third-order valence-electron chi connectivity index (χ3n) is 4.11. The van der Waals surface area contributed by atoms with Gasteiger partial charge in [0.1, 0.15) is 12.2 Å². The number of aromatic nitrogens is 3. The summed E-state index contributed by atoms with van der Waals surface area (Å²) in [4.78, 5) is 17.8. The third-order valence-corrected chi connectivity index (χ3v) is 4.11. The van der Waals surface area contributed by atoms with Crippen molar-refractivity contribution in [3.05, 3.63) is 12.2 Å². The minimum absolute atomic E-state index is 0.517. The zero-order valence-electron chi connectivity index (χ0n) is 11.0. The van der Waals surface area contributed by atoms with Crippen LogP contribution in [0.1, 0.15) is 32.0 Å². The number of carboxylic acid groups (broad SMARTS) is 1. The molecule has 2 heterocycles. The van der Waals surface area contributed by atoms with E-state index >= 15 is 0 Å². The molecule has 1 fully saturated rings. The summed E-state index contributed by atoms with van der Waals surface area (Å²) in [5, 5.41) is 13.4. The van der Waals surface area contributed by atoms with Crippen molar-refractivity contribution >= 4 is 5.97 Å². The normalized spacial score (nSPS) is 19.9. The van der Waals surface area contributed by atoms with E-state index in [1.54, 1.807) is 11.0 Å². The van der Waals surface area contributed by atoms with E-state index < -0.39 is 11.4 Å². The first-order valence-electron chi connectivity index (χ1n) is 6.36. The summed E-state index contributed by atoms with van der Waals surface area (Å²) in [6.45, 7) is 4.34. The van der Waals surface area contributed by atoms with Gasteiger partial charge in [-0.25, -0.2) is 4.98 Å². The molecule has 18 heavy (non-hydrogen) atoms. The summed E-state index contributed by atoms with van der Waals surface area (Å²) in [5.41, 5.74) is -0.517. The van der Waals surface area contributed by atoms with Crippen LogP contribution >= 0.6 is 0 Å². The van der Waals surface area contributed by atoms with E-state index in [-0.39, 0.29) is 0 Å². The predicted octanol–water partition coefficient (Wildman–Crippen LogP) is 0.892. The highest BCUT2D eigenvalue weighted by Gasteiger charge is 2.39. The van der Waals surface area contributed by atoms with Crippen molar-refractivity contribution in [1.29, 1.82) is 0 Å². The first-order chi connectivity index (χ1) is 8.57. The van der Waals surface area contributed by atoms with Gasteiger partial charge in [0.25, 0.3) is 0 Å². The van der Waals surface area contributed by atoms with Crippen molar-refractivity contribution in [3.63, 3.8) is 0 Å². The van der Waals surface area contributed by atoms with Crippen molar-refractivity contribution < 1.29 is 9.90 Å². The number of hydrogen-bond donors (Lipinski definition) is 1. The Labute approximate surface area is 107 Å². The molecule has 0 atom stereocenters. The molecule has 1 aromatic rings. The van der Waals surface area contributed by atoms with E-state index in [1.807, 2.05) is 14.0 Å². The van der Waals surface area contributed by atoms with Gasteiger partial charge in [0.05, 0.1) is 12.0 Å². The van der Waals surface area contributed by atoms with Crippen molar-refractivity contribution in [1.82, 2.24) is 19.7 Å². The fourth-order valence-electron chi connectivity index (χ4n) is 2.52. The highest BCUT2D eigenvalue weighted by atomic mass is 16.4. The fourth-order valence-corrected chi connectivity index (χ4v) is 2.52. The van der Waals surface area contributed by atoms with Crippen LogP contribution in [0.2, 0.25) is 0 Å². The maximum atomic E-state index is 11.3. The van der Waals surface area contributed by atoms with E-state index in [1.165, 1.54) is 0 Å². The summed E-state index contributed by atoms with van der Waals surface area (Å²) < 4.78 is 1.76. The molecule has 0 bridgehead atoms. The SMILES string of the molecule is CCC1(C(=O)O)CCN(Cc2ncnn2C)CC1. The standard InChI is InChI=1S/C12H20N4O2/c1-3-12(11(17)18)4-6-16(7-5-12)8-10-13-9-14-15(10)2/h9H,3-8H2,1-2H3,(H,17,18). The Kier molecular flexibility index (Phi) is 3.65. The number of aliphatic carboxylic acids is 1. The molecule has 100 valence electrons. The highest BCUT2D eigenvalue weighted by Crippen LogP contribution is 2.35. The molecule has 0 radical (unpaired) electrons. The Balaban J connectivity index is 1.94. The van der Waals surface area contributed by atoms with Gasteiger partial charge in [0.15, 0.2) is 0 Å². The van der Waals surface area contributed by atoms with Gasteiger partial charge in [0, 0.05) is 7.05 Å². The Morgan fingerprint density at radius 1 is 1.50 bits per heavy atom. The quantitative estimate of drug-likeness (QED) is 0.861. The molecule has 0 aliphatic carbocycles. The second-order valence-corrected chi connectivity index (χ2v) is 5.02. The molecule has 1 saturated heterocycles. The van der Waals surface area contributed by atoms with Crippen LogP contribution in [-0.4, -0.2) is 43.8 Å². The lowest BCUT2D eigenvalue weighted by Crippen LogP contribution is -2.44. The molecule has 1 aliphatic heterocycles. The molecule has 1 N–H and O–H groups in total. The van der Waals surface area contributed by atoms with Crippen molar-refractivity contribution in [3.8, 4) is 0 Å². The van der Waals surface area contributed by atoms with Gasteiger partial charge in [-0.15, -0.1) is 0 Å². The number of aryl methyl sites for hydroxylation is 1.